The number of nitrogens with one attached hydrogen (secondary N) is 3. The zero-order chi connectivity index (χ0) is 19.4. The van der Waals surface area contributed by atoms with Crippen molar-refractivity contribution in [3.8, 4) is 5.69 Å². The van der Waals surface area contributed by atoms with E-state index in [1.807, 2.05) is 5.32 Å². The lowest BCUT2D eigenvalue weighted by Gasteiger charge is -2.13. The molecule has 12 heteroatoms. The van der Waals surface area contributed by atoms with Gasteiger partial charge in [0.1, 0.15) is 12.1 Å². The molecule has 0 saturated heterocycles. The molecule has 3 rings (SSSR count). The van der Waals surface area contributed by atoms with E-state index in [-0.39, 0.29) is 0 Å². The highest BCUT2D eigenvalue weighted by molar-refractivity contribution is 5.90. The molecule has 0 aliphatic rings. The van der Waals surface area contributed by atoms with Crippen LogP contribution in [0.5, 0.6) is 0 Å². The van der Waals surface area contributed by atoms with Gasteiger partial charge in [-0.2, -0.15) is 13.2 Å². The van der Waals surface area contributed by atoms with Crippen LogP contribution in [0.4, 0.5) is 33.7 Å². The summed E-state index contributed by atoms with van der Waals surface area (Å²) in [5, 5.41) is 12.7. The van der Waals surface area contributed by atoms with Gasteiger partial charge in [0.25, 0.3) is 0 Å². The van der Waals surface area contributed by atoms with Gasteiger partial charge in [0, 0.05) is 0 Å². The smallest absolute Gasteiger partial charge is 0.304 e. The van der Waals surface area contributed by atoms with E-state index in [4.69, 9.17) is 0 Å². The summed E-state index contributed by atoms with van der Waals surface area (Å²) in [5.74, 6) is -1.00. The minimum Gasteiger partial charge on any atom is -0.304 e. The quantitative estimate of drug-likeness (QED) is 0.477. The summed E-state index contributed by atoms with van der Waals surface area (Å²) in [7, 11) is 0. The maximum absolute atomic E-state index is 13.6. The van der Waals surface area contributed by atoms with Gasteiger partial charge in [-0.05, 0) is 46.8 Å². The van der Waals surface area contributed by atoms with Gasteiger partial charge in [0.2, 0.25) is 0 Å². The second kappa shape index (κ2) is 7.27. The summed E-state index contributed by atoms with van der Waals surface area (Å²) in [5.41, 5.74) is 4.08. The summed E-state index contributed by atoms with van der Waals surface area (Å²) in [4.78, 5) is 11.8. The second-order valence-electron chi connectivity index (χ2n) is 5.20. The monoisotopic (exact) mass is 381 g/mol. The van der Waals surface area contributed by atoms with Crippen LogP contribution in [0.15, 0.2) is 48.8 Å². The lowest BCUT2D eigenvalue weighted by molar-refractivity contribution is -0.137. The van der Waals surface area contributed by atoms with Crippen molar-refractivity contribution >= 4 is 17.4 Å². The van der Waals surface area contributed by atoms with Crippen LogP contribution in [0, 0.1) is 5.82 Å². The topological polar surface area (TPSA) is 96.8 Å². The molecule has 0 bridgehead atoms. The van der Waals surface area contributed by atoms with Crippen molar-refractivity contribution in [3.05, 3.63) is 60.2 Å². The number of hydrogen-bond donors (Lipinski definition) is 3. The summed E-state index contributed by atoms with van der Waals surface area (Å²) < 4.78 is 53.1. The van der Waals surface area contributed by atoms with Gasteiger partial charge in [0.05, 0.1) is 22.6 Å². The Morgan fingerprint density at radius 3 is 2.63 bits per heavy atom. The molecule has 3 aromatic rings. The van der Waals surface area contributed by atoms with E-state index in [1.165, 1.54) is 11.0 Å². The van der Waals surface area contributed by atoms with E-state index in [1.54, 1.807) is 24.3 Å². The SMILES string of the molecule is O=C(NNc1cccc(-n2cnnn2)c1)Nc1cc(C(F)(F)F)ccc1F. The largest absolute Gasteiger partial charge is 0.416 e. The van der Waals surface area contributed by atoms with E-state index >= 15 is 0 Å². The number of tetrazole rings is 1. The number of urea groups is 1. The molecular formula is C15H11F4N7O. The van der Waals surface area contributed by atoms with Crippen LogP contribution in [-0.2, 0) is 6.18 Å². The summed E-state index contributed by atoms with van der Waals surface area (Å²) in [6.45, 7) is 0. The summed E-state index contributed by atoms with van der Waals surface area (Å²) in [6.07, 6.45) is -3.29. The first-order chi connectivity index (χ1) is 12.8. The second-order valence-corrected chi connectivity index (χ2v) is 5.20. The molecule has 3 N–H and O–H groups in total. The lowest BCUT2D eigenvalue weighted by atomic mass is 10.2. The number of nitrogens with zero attached hydrogens (tertiary/aromatic N) is 4. The van der Waals surface area contributed by atoms with Crippen LogP contribution in [0.25, 0.3) is 5.69 Å². The average molecular weight is 381 g/mol. The van der Waals surface area contributed by atoms with E-state index in [0.717, 1.165) is 0 Å². The van der Waals surface area contributed by atoms with E-state index < -0.39 is 29.3 Å². The third kappa shape index (κ3) is 4.48. The number of anilines is 2. The van der Waals surface area contributed by atoms with Crippen LogP contribution in [0.1, 0.15) is 5.56 Å². The maximum atomic E-state index is 13.6. The van der Waals surface area contributed by atoms with Crippen LogP contribution in [0.2, 0.25) is 0 Å². The Bertz CT molecular complexity index is 944. The molecule has 27 heavy (non-hydrogen) atoms. The van der Waals surface area contributed by atoms with Gasteiger partial charge in [-0.3, -0.25) is 10.9 Å². The van der Waals surface area contributed by atoms with Crippen LogP contribution >= 0.6 is 0 Å². The first-order valence-corrected chi connectivity index (χ1v) is 7.36. The van der Waals surface area contributed by atoms with Gasteiger partial charge < -0.3 is 5.32 Å². The molecule has 0 unspecified atom stereocenters. The Hall–Kier alpha value is -3.70. The molecule has 0 radical (unpaired) electrons. The van der Waals surface area contributed by atoms with E-state index in [0.29, 0.717) is 29.6 Å². The van der Waals surface area contributed by atoms with Crippen molar-refractivity contribution in [1.29, 1.82) is 0 Å². The number of benzene rings is 2. The number of rotatable bonds is 4. The Labute approximate surface area is 149 Å². The van der Waals surface area contributed by atoms with Crippen molar-refractivity contribution < 1.29 is 22.4 Å². The van der Waals surface area contributed by atoms with Gasteiger partial charge in [-0.15, -0.1) is 5.10 Å². The molecule has 1 aromatic heterocycles. The number of hydrazine groups is 1. The molecule has 0 fully saturated rings. The third-order valence-electron chi connectivity index (χ3n) is 3.32. The maximum Gasteiger partial charge on any atom is 0.416 e. The van der Waals surface area contributed by atoms with Gasteiger partial charge >= 0.3 is 12.2 Å². The highest BCUT2D eigenvalue weighted by Gasteiger charge is 2.31. The zero-order valence-corrected chi connectivity index (χ0v) is 13.3. The Balaban J connectivity index is 1.65. The van der Waals surface area contributed by atoms with Crippen molar-refractivity contribution in [2.45, 2.75) is 6.18 Å². The van der Waals surface area contributed by atoms with Crippen LogP contribution in [0.3, 0.4) is 0 Å². The molecule has 0 saturated carbocycles. The van der Waals surface area contributed by atoms with Gasteiger partial charge in [-0.25, -0.2) is 13.9 Å². The molecule has 0 spiro atoms. The molecule has 0 atom stereocenters. The standard InChI is InChI=1S/C15H11F4N7O/c16-12-5-4-9(15(17,18)19)6-13(12)21-14(27)23-22-10-2-1-3-11(7-10)26-8-20-24-25-26/h1-8,22H,(H2,21,23,27). The molecule has 8 nitrogen and oxygen atoms in total. The fourth-order valence-electron chi connectivity index (χ4n) is 2.09. The number of alkyl halides is 3. The highest BCUT2D eigenvalue weighted by Crippen LogP contribution is 2.31. The molecule has 1 heterocycles. The highest BCUT2D eigenvalue weighted by atomic mass is 19.4. The number of carbonyl (C=O) groups is 1. The van der Waals surface area contributed by atoms with Crippen molar-refractivity contribution in [3.63, 3.8) is 0 Å². The first kappa shape index (κ1) is 18.1. The van der Waals surface area contributed by atoms with Gasteiger partial charge in [0.15, 0.2) is 0 Å². The Morgan fingerprint density at radius 1 is 1.11 bits per heavy atom. The number of aromatic nitrogens is 4. The van der Waals surface area contributed by atoms with Gasteiger partial charge in [-0.1, -0.05) is 6.07 Å². The Morgan fingerprint density at radius 2 is 1.93 bits per heavy atom. The molecule has 0 aliphatic carbocycles. The zero-order valence-electron chi connectivity index (χ0n) is 13.3. The van der Waals surface area contributed by atoms with E-state index in [2.05, 4.69) is 26.4 Å². The van der Waals surface area contributed by atoms with Crippen LogP contribution < -0.4 is 16.2 Å². The predicted octanol–water partition coefficient (Wildman–Crippen LogP) is 2.97. The third-order valence-corrected chi connectivity index (χ3v) is 3.32. The van der Waals surface area contributed by atoms with Crippen LogP contribution in [-0.4, -0.2) is 26.2 Å². The van der Waals surface area contributed by atoms with Crippen molar-refractivity contribution in [2.75, 3.05) is 10.7 Å². The fourth-order valence-corrected chi connectivity index (χ4v) is 2.09. The lowest BCUT2D eigenvalue weighted by Crippen LogP contribution is -2.34. The van der Waals surface area contributed by atoms with Crippen molar-refractivity contribution in [2.24, 2.45) is 0 Å². The minimum absolute atomic E-state index is 0.433. The molecule has 140 valence electrons. The normalized spacial score (nSPS) is 11.1. The summed E-state index contributed by atoms with van der Waals surface area (Å²) >= 11 is 0. The molecule has 2 aromatic carbocycles. The van der Waals surface area contributed by atoms with Crippen molar-refractivity contribution in [1.82, 2.24) is 25.6 Å². The average Bonchev–Trinajstić information content (AvgIpc) is 3.16. The minimum atomic E-state index is -4.66. The molecule has 2 amide bonds. The number of halogens is 4. The van der Waals surface area contributed by atoms with E-state index in [9.17, 15) is 22.4 Å². The number of amides is 2. The molecular weight excluding hydrogens is 370 g/mol. The first-order valence-electron chi connectivity index (χ1n) is 7.36. The Kier molecular flexibility index (Phi) is 4.88. The molecule has 0 aliphatic heterocycles. The number of hydrogen-bond acceptors (Lipinski definition) is 5. The number of carbonyl (C=O) groups excluding carboxylic acids is 1. The summed E-state index contributed by atoms with van der Waals surface area (Å²) in [6, 6.07) is 7.34. The predicted molar refractivity (Wildman–Crippen MR) is 86.3 cm³/mol. The fraction of sp³-hybridized carbons (Fsp3) is 0.0667.